The van der Waals surface area contributed by atoms with Crippen LogP contribution in [0, 0.1) is 0 Å². The first kappa shape index (κ1) is 77.4. The van der Waals surface area contributed by atoms with Crippen molar-refractivity contribution in [1.29, 1.82) is 0 Å². The predicted molar refractivity (Wildman–Crippen MR) is 349 cm³/mol. The Morgan fingerprint density at radius 3 is 0.725 bits per heavy atom. The van der Waals surface area contributed by atoms with Gasteiger partial charge in [0.1, 0.15) is 13.2 Å². The maximum atomic E-state index is 12.9. The molecule has 1 unspecified atom stereocenters. The van der Waals surface area contributed by atoms with Gasteiger partial charge in [-0.1, -0.05) is 333 Å². The Kier molecular flexibility index (Phi) is 66.6. The Hall–Kier alpha value is -2.63. The van der Waals surface area contributed by atoms with Crippen LogP contribution in [0.2, 0.25) is 0 Å². The molecular weight excluding hydrogens is 985 g/mol. The van der Waals surface area contributed by atoms with Crippen molar-refractivity contribution in [2.24, 2.45) is 0 Å². The van der Waals surface area contributed by atoms with Gasteiger partial charge in [-0.3, -0.25) is 14.4 Å². The molecule has 0 aliphatic heterocycles. The molecule has 0 heterocycles. The third kappa shape index (κ3) is 66.2. The molecule has 0 saturated carbocycles. The van der Waals surface area contributed by atoms with E-state index in [0.29, 0.717) is 19.3 Å². The zero-order valence-electron chi connectivity index (χ0n) is 53.9. The maximum Gasteiger partial charge on any atom is 0.306 e. The minimum atomic E-state index is -0.774. The number of hydrogen-bond donors (Lipinski definition) is 0. The maximum absolute atomic E-state index is 12.9. The highest BCUT2D eigenvalue weighted by Gasteiger charge is 2.19. The van der Waals surface area contributed by atoms with Crippen molar-refractivity contribution in [1.82, 2.24) is 0 Å². The Labute approximate surface area is 498 Å². The summed E-state index contributed by atoms with van der Waals surface area (Å²) in [5.74, 6) is -0.853. The fourth-order valence-electron chi connectivity index (χ4n) is 10.7. The molecule has 0 amide bonds. The molecule has 0 rings (SSSR count). The van der Waals surface area contributed by atoms with Crippen molar-refractivity contribution in [3.8, 4) is 0 Å². The number of hydrogen-bond acceptors (Lipinski definition) is 6. The van der Waals surface area contributed by atoms with Gasteiger partial charge in [-0.2, -0.15) is 0 Å². The first-order valence-corrected chi connectivity index (χ1v) is 35.6. The molecule has 1 atom stereocenters. The van der Waals surface area contributed by atoms with Gasteiger partial charge in [-0.25, -0.2) is 0 Å². The molecule has 6 nitrogen and oxygen atoms in total. The van der Waals surface area contributed by atoms with Gasteiger partial charge >= 0.3 is 17.9 Å². The van der Waals surface area contributed by atoms with Gasteiger partial charge in [0.25, 0.3) is 0 Å². The van der Waals surface area contributed by atoms with E-state index in [1.165, 1.54) is 270 Å². The van der Waals surface area contributed by atoms with Crippen molar-refractivity contribution >= 4 is 17.9 Å². The SMILES string of the molecule is CCCCCC/C=C\CCCCCCCC(=O)OCC(COC(=O)CCCCCCCCCCCCCCCCCC/C=C\C/C=C\C/C=C\CCCCCCC)OC(=O)CCCCCCCCCCCCCCCCCCCC. The summed E-state index contributed by atoms with van der Waals surface area (Å²) in [5.41, 5.74) is 0. The monoisotopic (exact) mass is 1120 g/mol. The standard InChI is InChI=1S/C74H136O6/c1-4-7-10-13-16-19-22-25-27-29-31-32-33-34-35-36-37-38-39-40-41-42-43-45-46-49-52-55-58-61-64-67-73(76)79-70-71(69-78-72(75)66-63-60-57-54-51-48-24-21-18-15-12-9-6-3)80-74(77)68-65-62-59-56-53-50-47-44-30-28-26-23-20-17-14-11-8-5-2/h21-22,24-25,29,31,33-34,71H,4-20,23,26-28,30,32,35-70H2,1-3H3/b24-21-,25-22-,31-29-,34-33-. The summed E-state index contributed by atoms with van der Waals surface area (Å²) in [6.07, 6.45) is 87.2. The van der Waals surface area contributed by atoms with Crippen LogP contribution in [0.1, 0.15) is 387 Å². The van der Waals surface area contributed by atoms with E-state index in [4.69, 9.17) is 14.2 Å². The zero-order valence-corrected chi connectivity index (χ0v) is 53.9. The lowest BCUT2D eigenvalue weighted by molar-refractivity contribution is -0.167. The quantitative estimate of drug-likeness (QED) is 0.0261. The summed E-state index contributed by atoms with van der Waals surface area (Å²) in [6.45, 7) is 6.67. The molecule has 0 aromatic carbocycles. The van der Waals surface area contributed by atoms with Crippen LogP contribution >= 0.6 is 0 Å². The second-order valence-corrected chi connectivity index (χ2v) is 24.1. The molecule has 0 bridgehead atoms. The molecule has 0 saturated heterocycles. The molecular formula is C74H136O6. The number of unbranched alkanes of at least 4 members (excludes halogenated alkanes) is 47. The van der Waals surface area contributed by atoms with Gasteiger partial charge in [-0.05, 0) is 83.5 Å². The highest BCUT2D eigenvalue weighted by molar-refractivity contribution is 5.71. The minimum absolute atomic E-state index is 0.0704. The number of carbonyl (C=O) groups excluding carboxylic acids is 3. The molecule has 0 N–H and O–H groups in total. The van der Waals surface area contributed by atoms with Gasteiger partial charge in [0.15, 0.2) is 6.10 Å². The molecule has 80 heavy (non-hydrogen) atoms. The fraction of sp³-hybridized carbons (Fsp3) is 0.851. The van der Waals surface area contributed by atoms with Crippen LogP contribution in [-0.4, -0.2) is 37.2 Å². The molecule has 468 valence electrons. The summed E-state index contributed by atoms with van der Waals surface area (Å²) in [5, 5.41) is 0. The first-order valence-electron chi connectivity index (χ1n) is 35.6. The average molecular weight is 1120 g/mol. The molecule has 0 spiro atoms. The largest absolute Gasteiger partial charge is 0.462 e. The lowest BCUT2D eigenvalue weighted by Gasteiger charge is -2.18. The molecule has 0 aliphatic carbocycles. The normalized spacial score (nSPS) is 12.3. The Balaban J connectivity index is 4.17. The lowest BCUT2D eigenvalue weighted by atomic mass is 10.0. The fourth-order valence-corrected chi connectivity index (χ4v) is 10.7. The van der Waals surface area contributed by atoms with Crippen LogP contribution in [-0.2, 0) is 28.6 Å². The smallest absolute Gasteiger partial charge is 0.306 e. The minimum Gasteiger partial charge on any atom is -0.462 e. The number of allylic oxidation sites excluding steroid dienone is 8. The number of rotatable bonds is 66. The number of carbonyl (C=O) groups is 3. The predicted octanol–water partition coefficient (Wildman–Crippen LogP) is 24.5. The van der Waals surface area contributed by atoms with Gasteiger partial charge in [-0.15, -0.1) is 0 Å². The van der Waals surface area contributed by atoms with Crippen LogP contribution in [0.5, 0.6) is 0 Å². The van der Waals surface area contributed by atoms with E-state index in [0.717, 1.165) is 77.0 Å². The summed E-state index contributed by atoms with van der Waals surface area (Å²) in [4.78, 5) is 38.4. The van der Waals surface area contributed by atoms with Crippen LogP contribution in [0.3, 0.4) is 0 Å². The highest BCUT2D eigenvalue weighted by atomic mass is 16.6. The third-order valence-corrected chi connectivity index (χ3v) is 16.1. The molecule has 6 heteroatoms. The summed E-state index contributed by atoms with van der Waals surface area (Å²) in [6, 6.07) is 0. The van der Waals surface area contributed by atoms with Crippen LogP contribution in [0.4, 0.5) is 0 Å². The van der Waals surface area contributed by atoms with E-state index in [9.17, 15) is 14.4 Å². The zero-order chi connectivity index (χ0) is 57.8. The Morgan fingerprint density at radius 1 is 0.250 bits per heavy atom. The van der Waals surface area contributed by atoms with E-state index < -0.39 is 6.10 Å². The summed E-state index contributed by atoms with van der Waals surface area (Å²) < 4.78 is 17.0. The first-order chi connectivity index (χ1) is 39.5. The van der Waals surface area contributed by atoms with Crippen molar-refractivity contribution in [3.63, 3.8) is 0 Å². The Bertz CT molecular complexity index is 1380. The molecule has 0 aromatic rings. The van der Waals surface area contributed by atoms with Gasteiger partial charge in [0, 0.05) is 19.3 Å². The molecule has 0 fully saturated rings. The van der Waals surface area contributed by atoms with Gasteiger partial charge in [0.05, 0.1) is 0 Å². The molecule has 0 aliphatic rings. The van der Waals surface area contributed by atoms with E-state index in [1.807, 2.05) is 0 Å². The highest BCUT2D eigenvalue weighted by Crippen LogP contribution is 2.18. The van der Waals surface area contributed by atoms with Gasteiger partial charge in [0.2, 0.25) is 0 Å². The van der Waals surface area contributed by atoms with E-state index in [2.05, 4.69) is 69.4 Å². The second kappa shape index (κ2) is 68.9. The van der Waals surface area contributed by atoms with E-state index in [1.54, 1.807) is 0 Å². The number of ether oxygens (including phenoxy) is 3. The van der Waals surface area contributed by atoms with Crippen molar-refractivity contribution in [2.45, 2.75) is 393 Å². The topological polar surface area (TPSA) is 78.9 Å². The van der Waals surface area contributed by atoms with E-state index in [-0.39, 0.29) is 31.1 Å². The average Bonchev–Trinajstić information content (AvgIpc) is 3.46. The molecule has 0 aromatic heterocycles. The van der Waals surface area contributed by atoms with Crippen molar-refractivity contribution < 1.29 is 28.6 Å². The third-order valence-electron chi connectivity index (χ3n) is 16.1. The summed E-state index contributed by atoms with van der Waals surface area (Å²) in [7, 11) is 0. The van der Waals surface area contributed by atoms with Crippen molar-refractivity contribution in [2.75, 3.05) is 13.2 Å². The van der Waals surface area contributed by atoms with Crippen LogP contribution < -0.4 is 0 Å². The second-order valence-electron chi connectivity index (χ2n) is 24.1. The lowest BCUT2D eigenvalue weighted by Crippen LogP contribution is -2.30. The Morgan fingerprint density at radius 2 is 0.450 bits per heavy atom. The van der Waals surface area contributed by atoms with Crippen LogP contribution in [0.15, 0.2) is 48.6 Å². The number of esters is 3. The van der Waals surface area contributed by atoms with Gasteiger partial charge < -0.3 is 14.2 Å². The summed E-state index contributed by atoms with van der Waals surface area (Å²) >= 11 is 0. The van der Waals surface area contributed by atoms with E-state index >= 15 is 0 Å². The van der Waals surface area contributed by atoms with Crippen molar-refractivity contribution in [3.05, 3.63) is 48.6 Å². The molecule has 0 radical (unpaired) electrons. The van der Waals surface area contributed by atoms with Crippen LogP contribution in [0.25, 0.3) is 0 Å².